The molecule has 128 valence electrons. The largest absolute Gasteiger partial charge is 0.497 e. The second-order valence-corrected chi connectivity index (χ2v) is 6.66. The molecule has 2 aromatic carbocycles. The Hall–Kier alpha value is -2.07. The summed E-state index contributed by atoms with van der Waals surface area (Å²) in [5.74, 6) is 1.53. The van der Waals surface area contributed by atoms with Gasteiger partial charge in [0.05, 0.1) is 13.2 Å². The van der Waals surface area contributed by atoms with Crippen molar-refractivity contribution in [1.82, 2.24) is 10.6 Å². The zero-order valence-electron chi connectivity index (χ0n) is 14.5. The van der Waals surface area contributed by atoms with Crippen LogP contribution in [-0.4, -0.2) is 26.1 Å². The van der Waals surface area contributed by atoms with E-state index >= 15 is 0 Å². The lowest BCUT2D eigenvalue weighted by atomic mass is 9.94. The van der Waals surface area contributed by atoms with Crippen LogP contribution in [-0.2, 0) is 4.79 Å². The molecule has 1 heterocycles. The van der Waals surface area contributed by atoms with E-state index in [1.165, 1.54) is 0 Å². The molecule has 2 N–H and O–H groups in total. The number of fused-ring (bicyclic) bond motifs is 1. The highest BCUT2D eigenvalue weighted by Crippen LogP contribution is 2.24. The SMILES string of the molecule is COc1ccc2cc(C(C)NC(=O)CC3CCNCC3)ccc2c1. The normalized spacial score (nSPS) is 16.8. The van der Waals surface area contributed by atoms with Crippen LogP contribution in [0.5, 0.6) is 5.75 Å². The lowest BCUT2D eigenvalue weighted by molar-refractivity contribution is -0.122. The van der Waals surface area contributed by atoms with Gasteiger partial charge in [-0.2, -0.15) is 0 Å². The van der Waals surface area contributed by atoms with Gasteiger partial charge in [-0.15, -0.1) is 0 Å². The van der Waals surface area contributed by atoms with E-state index in [2.05, 4.69) is 34.9 Å². The molecule has 0 aliphatic carbocycles. The molecule has 0 saturated carbocycles. The Balaban J connectivity index is 1.64. The van der Waals surface area contributed by atoms with E-state index < -0.39 is 0 Å². The summed E-state index contributed by atoms with van der Waals surface area (Å²) in [6, 6.07) is 12.4. The van der Waals surface area contributed by atoms with Gasteiger partial charge in [-0.05, 0) is 73.3 Å². The molecular weight excluding hydrogens is 300 g/mol. The first-order valence-electron chi connectivity index (χ1n) is 8.73. The fourth-order valence-corrected chi connectivity index (χ4v) is 3.37. The second kappa shape index (κ2) is 7.67. The minimum atomic E-state index is 0.0192. The second-order valence-electron chi connectivity index (χ2n) is 6.66. The fourth-order valence-electron chi connectivity index (χ4n) is 3.37. The highest BCUT2D eigenvalue weighted by atomic mass is 16.5. The minimum absolute atomic E-state index is 0.0192. The Kier molecular flexibility index (Phi) is 5.36. The van der Waals surface area contributed by atoms with Crippen molar-refractivity contribution in [3.8, 4) is 5.75 Å². The minimum Gasteiger partial charge on any atom is -0.497 e. The van der Waals surface area contributed by atoms with Crippen LogP contribution in [0.4, 0.5) is 0 Å². The molecule has 24 heavy (non-hydrogen) atoms. The molecule has 1 unspecified atom stereocenters. The molecule has 0 radical (unpaired) electrons. The third-order valence-electron chi connectivity index (χ3n) is 4.88. The molecule has 0 bridgehead atoms. The first kappa shape index (κ1) is 16.8. The summed E-state index contributed by atoms with van der Waals surface area (Å²) in [6.45, 7) is 4.11. The Morgan fingerprint density at radius 2 is 1.92 bits per heavy atom. The van der Waals surface area contributed by atoms with Crippen LogP contribution in [0.2, 0.25) is 0 Å². The summed E-state index contributed by atoms with van der Waals surface area (Å²) in [7, 11) is 1.68. The van der Waals surface area contributed by atoms with Crippen molar-refractivity contribution in [2.24, 2.45) is 5.92 Å². The Bertz CT molecular complexity index is 708. The van der Waals surface area contributed by atoms with Crippen molar-refractivity contribution in [3.05, 3.63) is 42.0 Å². The average molecular weight is 326 g/mol. The maximum atomic E-state index is 12.3. The summed E-state index contributed by atoms with van der Waals surface area (Å²) in [6.07, 6.45) is 2.83. The zero-order valence-corrected chi connectivity index (χ0v) is 14.5. The van der Waals surface area contributed by atoms with Gasteiger partial charge < -0.3 is 15.4 Å². The van der Waals surface area contributed by atoms with Crippen LogP contribution in [0, 0.1) is 5.92 Å². The molecule has 1 saturated heterocycles. The van der Waals surface area contributed by atoms with Gasteiger partial charge >= 0.3 is 0 Å². The van der Waals surface area contributed by atoms with Crippen LogP contribution in [0.1, 0.15) is 37.8 Å². The first-order chi connectivity index (χ1) is 11.7. The van der Waals surface area contributed by atoms with Crippen molar-refractivity contribution >= 4 is 16.7 Å². The average Bonchev–Trinajstić information content (AvgIpc) is 2.61. The standard InChI is InChI=1S/C20H26N2O2/c1-14(22-20(23)11-15-7-9-21-10-8-15)16-3-4-18-13-19(24-2)6-5-17(18)12-16/h3-6,12-15,21H,7-11H2,1-2H3,(H,22,23). The van der Waals surface area contributed by atoms with Gasteiger partial charge in [0.2, 0.25) is 5.91 Å². The van der Waals surface area contributed by atoms with Gasteiger partial charge in [0, 0.05) is 6.42 Å². The van der Waals surface area contributed by atoms with Gasteiger partial charge in [-0.3, -0.25) is 4.79 Å². The summed E-state index contributed by atoms with van der Waals surface area (Å²) in [5, 5.41) is 8.79. The number of methoxy groups -OCH3 is 1. The van der Waals surface area contributed by atoms with Crippen molar-refractivity contribution < 1.29 is 9.53 Å². The molecule has 1 amide bonds. The number of amides is 1. The van der Waals surface area contributed by atoms with E-state index in [9.17, 15) is 4.79 Å². The van der Waals surface area contributed by atoms with E-state index in [1.54, 1.807) is 7.11 Å². The van der Waals surface area contributed by atoms with Gasteiger partial charge in [0.25, 0.3) is 0 Å². The smallest absolute Gasteiger partial charge is 0.220 e. The Morgan fingerprint density at radius 3 is 2.67 bits per heavy atom. The summed E-state index contributed by atoms with van der Waals surface area (Å²) in [5.41, 5.74) is 1.13. The van der Waals surface area contributed by atoms with Crippen molar-refractivity contribution in [1.29, 1.82) is 0 Å². The number of benzene rings is 2. The predicted octanol–water partition coefficient (Wildman–Crippen LogP) is 3.42. The van der Waals surface area contributed by atoms with Crippen LogP contribution in [0.15, 0.2) is 36.4 Å². The number of hydrogen-bond acceptors (Lipinski definition) is 3. The van der Waals surface area contributed by atoms with Crippen LogP contribution < -0.4 is 15.4 Å². The maximum absolute atomic E-state index is 12.3. The number of nitrogens with one attached hydrogen (secondary N) is 2. The molecule has 2 aromatic rings. The number of carbonyl (C=O) groups is 1. The van der Waals surface area contributed by atoms with Gasteiger partial charge in [-0.1, -0.05) is 18.2 Å². The summed E-state index contributed by atoms with van der Waals surface area (Å²) < 4.78 is 5.26. The fraction of sp³-hybridized carbons (Fsp3) is 0.450. The molecule has 3 rings (SSSR count). The number of piperidine rings is 1. The number of hydrogen-bond donors (Lipinski definition) is 2. The lowest BCUT2D eigenvalue weighted by Crippen LogP contribution is -2.33. The van der Waals surface area contributed by atoms with E-state index in [0.717, 1.165) is 48.0 Å². The molecule has 1 aliphatic heterocycles. The third kappa shape index (κ3) is 4.06. The highest BCUT2D eigenvalue weighted by Gasteiger charge is 2.18. The van der Waals surface area contributed by atoms with Crippen LogP contribution >= 0.6 is 0 Å². The van der Waals surface area contributed by atoms with E-state index in [4.69, 9.17) is 4.74 Å². The topological polar surface area (TPSA) is 50.4 Å². The monoisotopic (exact) mass is 326 g/mol. The Labute approximate surface area is 143 Å². The van der Waals surface area contributed by atoms with Gasteiger partial charge in [-0.25, -0.2) is 0 Å². The number of carbonyl (C=O) groups excluding carboxylic acids is 1. The molecule has 1 fully saturated rings. The molecule has 4 heteroatoms. The van der Waals surface area contributed by atoms with Crippen molar-refractivity contribution in [2.45, 2.75) is 32.2 Å². The van der Waals surface area contributed by atoms with Crippen molar-refractivity contribution in [3.63, 3.8) is 0 Å². The van der Waals surface area contributed by atoms with Gasteiger partial charge in [0.1, 0.15) is 5.75 Å². The molecule has 1 atom stereocenters. The highest BCUT2D eigenvalue weighted by molar-refractivity contribution is 5.85. The summed E-state index contributed by atoms with van der Waals surface area (Å²) in [4.78, 5) is 12.3. The first-order valence-corrected chi connectivity index (χ1v) is 8.73. The summed E-state index contributed by atoms with van der Waals surface area (Å²) >= 11 is 0. The maximum Gasteiger partial charge on any atom is 0.220 e. The van der Waals surface area contributed by atoms with Crippen molar-refractivity contribution in [2.75, 3.05) is 20.2 Å². The lowest BCUT2D eigenvalue weighted by Gasteiger charge is -2.23. The van der Waals surface area contributed by atoms with Crippen LogP contribution in [0.3, 0.4) is 0 Å². The molecule has 4 nitrogen and oxygen atoms in total. The van der Waals surface area contributed by atoms with E-state index in [0.29, 0.717) is 12.3 Å². The zero-order chi connectivity index (χ0) is 16.9. The van der Waals surface area contributed by atoms with E-state index in [1.807, 2.05) is 19.1 Å². The predicted molar refractivity (Wildman–Crippen MR) is 97.3 cm³/mol. The number of rotatable bonds is 5. The molecule has 1 aliphatic rings. The van der Waals surface area contributed by atoms with Gasteiger partial charge in [0.15, 0.2) is 0 Å². The number of ether oxygens (including phenoxy) is 1. The Morgan fingerprint density at radius 1 is 1.21 bits per heavy atom. The molecule has 0 spiro atoms. The molecular formula is C20H26N2O2. The third-order valence-corrected chi connectivity index (χ3v) is 4.88. The quantitative estimate of drug-likeness (QED) is 0.885. The van der Waals surface area contributed by atoms with E-state index in [-0.39, 0.29) is 11.9 Å². The van der Waals surface area contributed by atoms with Crippen LogP contribution in [0.25, 0.3) is 10.8 Å². The molecule has 0 aromatic heterocycles.